The number of hydrogen-bond acceptors (Lipinski definition) is 3. The Hall–Kier alpha value is -1.20. The van der Waals surface area contributed by atoms with Gasteiger partial charge in [0.15, 0.2) is 0 Å². The van der Waals surface area contributed by atoms with Crippen LogP contribution in [0.1, 0.15) is 24.8 Å². The van der Waals surface area contributed by atoms with Crippen LogP contribution >= 0.6 is 0 Å². The van der Waals surface area contributed by atoms with E-state index >= 15 is 0 Å². The number of nitrogens with two attached hydrogens (primary N) is 1. The average Bonchev–Trinajstić information content (AvgIpc) is 2.88. The molecule has 1 saturated carbocycles. The number of nitrogens with zero attached hydrogens (tertiary/aromatic N) is 1. The molecule has 5 heteroatoms. The highest BCUT2D eigenvalue weighted by atomic mass is 19.3. The van der Waals surface area contributed by atoms with Gasteiger partial charge in [0.2, 0.25) is 0 Å². The summed E-state index contributed by atoms with van der Waals surface area (Å²) in [5, 5.41) is 0. The molecule has 0 heterocycles. The lowest BCUT2D eigenvalue weighted by atomic mass is 10.0. The Labute approximate surface area is 118 Å². The van der Waals surface area contributed by atoms with Crippen molar-refractivity contribution >= 4 is 0 Å². The van der Waals surface area contributed by atoms with Crippen LogP contribution in [0, 0.1) is 5.92 Å². The molecule has 0 aromatic heterocycles. The summed E-state index contributed by atoms with van der Waals surface area (Å²) in [5.74, 6) is 0.764. The topological polar surface area (TPSA) is 38.5 Å². The van der Waals surface area contributed by atoms with Crippen molar-refractivity contribution in [3.8, 4) is 5.75 Å². The summed E-state index contributed by atoms with van der Waals surface area (Å²) in [6.07, 6.45) is 3.46. The third kappa shape index (κ3) is 3.67. The van der Waals surface area contributed by atoms with Gasteiger partial charge >= 0.3 is 6.61 Å². The lowest BCUT2D eigenvalue weighted by molar-refractivity contribution is -0.0508. The van der Waals surface area contributed by atoms with Gasteiger partial charge in [0.05, 0.1) is 0 Å². The first-order valence-corrected chi connectivity index (χ1v) is 7.05. The number of hydrogen-bond donors (Lipinski definition) is 1. The van der Waals surface area contributed by atoms with E-state index in [-0.39, 0.29) is 5.75 Å². The van der Waals surface area contributed by atoms with E-state index in [0.29, 0.717) is 25.0 Å². The summed E-state index contributed by atoms with van der Waals surface area (Å²) in [5.41, 5.74) is 6.59. The molecule has 2 atom stereocenters. The minimum atomic E-state index is -2.79. The van der Waals surface area contributed by atoms with E-state index in [4.69, 9.17) is 5.73 Å². The van der Waals surface area contributed by atoms with E-state index in [2.05, 4.69) is 9.64 Å². The SMILES string of the molecule is CN(Cc1ccccc1OC(F)F)C1CCCC1CN. The standard InChI is InChI=1S/C15H22F2N2O/c1-19(13-7-4-6-11(13)9-18)10-12-5-2-3-8-14(12)20-15(16)17/h2-3,5,8,11,13,15H,4,6-7,9-10,18H2,1H3. The zero-order valence-electron chi connectivity index (χ0n) is 11.8. The smallest absolute Gasteiger partial charge is 0.387 e. The van der Waals surface area contributed by atoms with Crippen LogP contribution in [0.4, 0.5) is 8.78 Å². The molecular formula is C15H22F2N2O. The number of para-hydroxylation sites is 1. The Bertz CT molecular complexity index is 428. The number of alkyl halides is 2. The fraction of sp³-hybridized carbons (Fsp3) is 0.600. The first-order valence-electron chi connectivity index (χ1n) is 7.05. The van der Waals surface area contributed by atoms with Gasteiger partial charge < -0.3 is 10.5 Å². The molecule has 0 aliphatic heterocycles. The van der Waals surface area contributed by atoms with E-state index < -0.39 is 6.61 Å². The second-order valence-corrected chi connectivity index (χ2v) is 5.40. The van der Waals surface area contributed by atoms with E-state index in [1.54, 1.807) is 12.1 Å². The van der Waals surface area contributed by atoms with Crippen LogP contribution in [0.5, 0.6) is 5.75 Å². The molecule has 2 unspecified atom stereocenters. The van der Waals surface area contributed by atoms with Crippen molar-refractivity contribution in [2.24, 2.45) is 11.7 Å². The fourth-order valence-corrected chi connectivity index (χ4v) is 3.10. The van der Waals surface area contributed by atoms with Crippen LogP contribution < -0.4 is 10.5 Å². The Morgan fingerprint density at radius 1 is 1.35 bits per heavy atom. The summed E-state index contributed by atoms with van der Waals surface area (Å²) in [4.78, 5) is 2.21. The Balaban J connectivity index is 2.05. The maximum absolute atomic E-state index is 12.4. The molecule has 0 spiro atoms. The molecule has 20 heavy (non-hydrogen) atoms. The second-order valence-electron chi connectivity index (χ2n) is 5.40. The molecule has 0 bridgehead atoms. The Morgan fingerprint density at radius 3 is 2.80 bits per heavy atom. The number of benzene rings is 1. The largest absolute Gasteiger partial charge is 0.434 e. The van der Waals surface area contributed by atoms with Gasteiger partial charge in [-0.05, 0) is 38.4 Å². The van der Waals surface area contributed by atoms with E-state index in [1.165, 1.54) is 6.42 Å². The molecule has 3 nitrogen and oxygen atoms in total. The van der Waals surface area contributed by atoms with Crippen LogP contribution in [-0.2, 0) is 6.54 Å². The first-order chi connectivity index (χ1) is 9.61. The van der Waals surface area contributed by atoms with Gasteiger partial charge in [-0.1, -0.05) is 24.6 Å². The van der Waals surface area contributed by atoms with E-state index in [0.717, 1.165) is 18.4 Å². The highest BCUT2D eigenvalue weighted by Crippen LogP contribution is 2.30. The number of rotatable bonds is 6. The van der Waals surface area contributed by atoms with Gasteiger partial charge in [0.25, 0.3) is 0 Å². The molecular weight excluding hydrogens is 262 g/mol. The van der Waals surface area contributed by atoms with Gasteiger partial charge in [-0.2, -0.15) is 8.78 Å². The maximum atomic E-state index is 12.4. The van der Waals surface area contributed by atoms with Gasteiger partial charge in [0, 0.05) is 18.2 Å². The highest BCUT2D eigenvalue weighted by molar-refractivity contribution is 5.33. The van der Waals surface area contributed by atoms with Gasteiger partial charge in [-0.25, -0.2) is 0 Å². The molecule has 1 aromatic carbocycles. The quantitative estimate of drug-likeness (QED) is 0.873. The molecule has 1 aromatic rings. The van der Waals surface area contributed by atoms with Crippen molar-refractivity contribution < 1.29 is 13.5 Å². The number of halogens is 2. The normalized spacial score (nSPS) is 22.7. The van der Waals surface area contributed by atoms with Crippen LogP contribution in [0.3, 0.4) is 0 Å². The monoisotopic (exact) mass is 284 g/mol. The van der Waals surface area contributed by atoms with Gasteiger partial charge in [0.1, 0.15) is 5.75 Å². The summed E-state index contributed by atoms with van der Waals surface area (Å²) >= 11 is 0. The van der Waals surface area contributed by atoms with Crippen molar-refractivity contribution in [2.75, 3.05) is 13.6 Å². The number of ether oxygens (including phenoxy) is 1. The van der Waals surface area contributed by atoms with Crippen molar-refractivity contribution in [2.45, 2.75) is 38.5 Å². The average molecular weight is 284 g/mol. The summed E-state index contributed by atoms with van der Waals surface area (Å²) < 4.78 is 29.4. The molecule has 0 radical (unpaired) electrons. The van der Waals surface area contributed by atoms with Crippen LogP contribution in [0.15, 0.2) is 24.3 Å². The second kappa shape index (κ2) is 6.99. The molecule has 1 aliphatic rings. The highest BCUT2D eigenvalue weighted by Gasteiger charge is 2.29. The van der Waals surface area contributed by atoms with Gasteiger partial charge in [-0.3, -0.25) is 4.90 Å². The van der Waals surface area contributed by atoms with Crippen LogP contribution in [-0.4, -0.2) is 31.1 Å². The van der Waals surface area contributed by atoms with Gasteiger partial charge in [-0.15, -0.1) is 0 Å². The predicted molar refractivity (Wildman–Crippen MR) is 74.7 cm³/mol. The fourth-order valence-electron chi connectivity index (χ4n) is 3.10. The zero-order chi connectivity index (χ0) is 14.5. The van der Waals surface area contributed by atoms with E-state index in [1.807, 2.05) is 19.2 Å². The molecule has 1 fully saturated rings. The third-order valence-corrected chi connectivity index (χ3v) is 4.10. The third-order valence-electron chi connectivity index (χ3n) is 4.10. The summed E-state index contributed by atoms with van der Waals surface area (Å²) in [7, 11) is 2.03. The molecule has 112 valence electrons. The van der Waals surface area contributed by atoms with Crippen molar-refractivity contribution in [1.82, 2.24) is 4.90 Å². The summed E-state index contributed by atoms with van der Waals surface area (Å²) in [6, 6.07) is 7.40. The van der Waals surface area contributed by atoms with Crippen molar-refractivity contribution in [1.29, 1.82) is 0 Å². The van der Waals surface area contributed by atoms with Crippen LogP contribution in [0.2, 0.25) is 0 Å². The Kier molecular flexibility index (Phi) is 5.31. The van der Waals surface area contributed by atoms with Crippen LogP contribution in [0.25, 0.3) is 0 Å². The minimum Gasteiger partial charge on any atom is -0.434 e. The minimum absolute atomic E-state index is 0.261. The molecule has 0 saturated heterocycles. The van der Waals surface area contributed by atoms with Crippen molar-refractivity contribution in [3.63, 3.8) is 0 Å². The first kappa shape index (κ1) is 15.2. The molecule has 2 N–H and O–H groups in total. The molecule has 1 aliphatic carbocycles. The molecule has 0 amide bonds. The zero-order valence-corrected chi connectivity index (χ0v) is 11.8. The summed E-state index contributed by atoms with van der Waals surface area (Å²) in [6.45, 7) is -1.50. The lowest BCUT2D eigenvalue weighted by Crippen LogP contribution is -2.37. The maximum Gasteiger partial charge on any atom is 0.387 e. The molecule has 2 rings (SSSR count). The van der Waals surface area contributed by atoms with E-state index in [9.17, 15) is 8.78 Å². The van der Waals surface area contributed by atoms with Crippen molar-refractivity contribution in [3.05, 3.63) is 29.8 Å². The Morgan fingerprint density at radius 2 is 2.10 bits per heavy atom. The predicted octanol–water partition coefficient (Wildman–Crippen LogP) is 2.85. The lowest BCUT2D eigenvalue weighted by Gasteiger charge is -2.29.